The van der Waals surface area contributed by atoms with Crippen molar-refractivity contribution in [2.24, 2.45) is 0 Å². The fourth-order valence-corrected chi connectivity index (χ4v) is 0.772. The van der Waals surface area contributed by atoms with Gasteiger partial charge in [0.15, 0.2) is 0 Å². The Labute approximate surface area is 63.4 Å². The molecule has 0 N–H and O–H groups in total. The quantitative estimate of drug-likeness (QED) is 0.611. The maximum atomic E-state index is 12.3. The molecular weight excluding hydrogens is 155 g/mol. The average molecular weight is 160 g/mol. The minimum Gasteiger partial charge on any atom is -0.495 e. The number of benzene rings is 1. The summed E-state index contributed by atoms with van der Waals surface area (Å²) in [5.41, 5.74) is 0. The topological polar surface area (TPSA) is 9.23 Å². The summed E-state index contributed by atoms with van der Waals surface area (Å²) < 4.78 is 17.1. The Morgan fingerprint density at radius 2 is 2.40 bits per heavy atom. The summed E-state index contributed by atoms with van der Waals surface area (Å²) in [4.78, 5) is 0. The van der Waals surface area contributed by atoms with E-state index in [4.69, 9.17) is 16.3 Å². The van der Waals surface area contributed by atoms with E-state index in [1.54, 1.807) is 0 Å². The van der Waals surface area contributed by atoms with Crippen molar-refractivity contribution in [3.8, 4) is 5.75 Å². The van der Waals surface area contributed by atoms with E-state index < -0.39 is 5.82 Å². The second-order valence-corrected chi connectivity index (χ2v) is 2.10. The lowest BCUT2D eigenvalue weighted by Crippen LogP contribution is -1.84. The highest BCUT2D eigenvalue weighted by Gasteiger charge is 1.99. The van der Waals surface area contributed by atoms with Crippen molar-refractivity contribution in [2.75, 3.05) is 7.11 Å². The third kappa shape index (κ3) is 1.39. The van der Waals surface area contributed by atoms with Gasteiger partial charge in [0.05, 0.1) is 12.1 Å². The summed E-state index contributed by atoms with van der Waals surface area (Å²) in [7, 11) is 1.43. The van der Waals surface area contributed by atoms with Gasteiger partial charge in [0.1, 0.15) is 11.6 Å². The van der Waals surface area contributed by atoms with Crippen LogP contribution in [0.5, 0.6) is 5.75 Å². The van der Waals surface area contributed by atoms with Crippen molar-refractivity contribution in [2.45, 2.75) is 0 Å². The first-order chi connectivity index (χ1) is 4.74. The molecule has 1 rings (SSSR count). The highest BCUT2D eigenvalue weighted by atomic mass is 35.5. The molecule has 10 heavy (non-hydrogen) atoms. The van der Waals surface area contributed by atoms with Crippen molar-refractivity contribution in [1.29, 1.82) is 0 Å². The molecular formula is C7H5ClFO. The zero-order chi connectivity index (χ0) is 7.56. The molecule has 1 aromatic rings. The predicted molar refractivity (Wildman–Crippen MR) is 36.8 cm³/mol. The molecule has 1 aromatic carbocycles. The molecule has 0 aliphatic heterocycles. The Morgan fingerprint density at radius 3 is 2.90 bits per heavy atom. The third-order valence-corrected chi connectivity index (χ3v) is 1.35. The van der Waals surface area contributed by atoms with Gasteiger partial charge in [0.25, 0.3) is 0 Å². The van der Waals surface area contributed by atoms with Crippen LogP contribution in [0.1, 0.15) is 0 Å². The van der Waals surface area contributed by atoms with E-state index in [9.17, 15) is 4.39 Å². The van der Waals surface area contributed by atoms with Crippen LogP contribution in [-0.4, -0.2) is 7.11 Å². The lowest BCUT2D eigenvalue weighted by molar-refractivity contribution is 0.411. The Kier molecular flexibility index (Phi) is 2.12. The van der Waals surface area contributed by atoms with E-state index in [0.29, 0.717) is 10.8 Å². The summed E-state index contributed by atoms with van der Waals surface area (Å²) in [6.07, 6.45) is 0. The molecule has 0 unspecified atom stereocenters. The molecule has 0 atom stereocenters. The van der Waals surface area contributed by atoms with E-state index in [-0.39, 0.29) is 0 Å². The van der Waals surface area contributed by atoms with Crippen LogP contribution in [0.3, 0.4) is 0 Å². The second-order valence-electron chi connectivity index (χ2n) is 1.70. The maximum absolute atomic E-state index is 12.3. The fourth-order valence-electron chi connectivity index (χ4n) is 0.586. The molecule has 3 heteroatoms. The maximum Gasteiger partial charge on any atom is 0.140 e. The van der Waals surface area contributed by atoms with Gasteiger partial charge >= 0.3 is 0 Å². The monoisotopic (exact) mass is 159 g/mol. The zero-order valence-electron chi connectivity index (χ0n) is 5.32. The first kappa shape index (κ1) is 7.35. The molecule has 0 amide bonds. The molecule has 0 saturated heterocycles. The third-order valence-electron chi connectivity index (χ3n) is 1.05. The minimum atomic E-state index is -0.471. The van der Waals surface area contributed by atoms with Gasteiger partial charge in [-0.05, 0) is 6.07 Å². The summed E-state index contributed by atoms with van der Waals surface area (Å²) in [6, 6.07) is 4.81. The number of rotatable bonds is 1. The molecule has 53 valence electrons. The van der Waals surface area contributed by atoms with Gasteiger partial charge in [-0.2, -0.15) is 0 Å². The first-order valence-corrected chi connectivity index (χ1v) is 3.02. The standard InChI is InChI=1S/C7H5ClFO/c1-10-7-4-5(9)2-3-6(7)8/h3-4H,1H3. The van der Waals surface area contributed by atoms with Gasteiger partial charge in [-0.25, -0.2) is 4.39 Å². The van der Waals surface area contributed by atoms with Gasteiger partial charge in [-0.3, -0.25) is 0 Å². The van der Waals surface area contributed by atoms with E-state index >= 15 is 0 Å². The van der Waals surface area contributed by atoms with E-state index in [0.717, 1.165) is 0 Å². The molecule has 0 heterocycles. The van der Waals surface area contributed by atoms with Gasteiger partial charge in [0, 0.05) is 12.1 Å². The zero-order valence-corrected chi connectivity index (χ0v) is 6.07. The van der Waals surface area contributed by atoms with Crippen molar-refractivity contribution in [1.82, 2.24) is 0 Å². The Balaban J connectivity index is 3.09. The fraction of sp³-hybridized carbons (Fsp3) is 0.143. The largest absolute Gasteiger partial charge is 0.495 e. The van der Waals surface area contributed by atoms with Crippen molar-refractivity contribution in [3.63, 3.8) is 0 Å². The summed E-state index contributed by atoms with van der Waals surface area (Å²) in [5, 5.41) is 0.365. The smallest absolute Gasteiger partial charge is 0.140 e. The molecule has 0 spiro atoms. The van der Waals surface area contributed by atoms with Gasteiger partial charge in [-0.1, -0.05) is 11.6 Å². The van der Waals surface area contributed by atoms with Crippen molar-refractivity contribution < 1.29 is 9.13 Å². The number of ether oxygens (including phenoxy) is 1. The molecule has 1 nitrogen and oxygen atoms in total. The van der Waals surface area contributed by atoms with E-state index in [2.05, 4.69) is 6.07 Å². The van der Waals surface area contributed by atoms with Crippen LogP contribution >= 0.6 is 11.6 Å². The van der Waals surface area contributed by atoms with E-state index in [1.165, 1.54) is 19.2 Å². The Bertz CT molecular complexity index is 237. The van der Waals surface area contributed by atoms with Crippen LogP contribution < -0.4 is 4.74 Å². The average Bonchev–Trinajstić information content (AvgIpc) is 1.94. The van der Waals surface area contributed by atoms with Crippen molar-refractivity contribution in [3.05, 3.63) is 29.0 Å². The second kappa shape index (κ2) is 2.88. The number of hydrogen-bond acceptors (Lipinski definition) is 1. The minimum absolute atomic E-state index is 0.331. The van der Waals surface area contributed by atoms with Crippen LogP contribution in [-0.2, 0) is 0 Å². The number of halogens is 2. The molecule has 0 aromatic heterocycles. The van der Waals surface area contributed by atoms with E-state index in [1.807, 2.05) is 0 Å². The molecule has 0 bridgehead atoms. The van der Waals surface area contributed by atoms with Gasteiger partial charge in [-0.15, -0.1) is 0 Å². The van der Waals surface area contributed by atoms with Crippen LogP contribution in [0.2, 0.25) is 5.02 Å². The highest BCUT2D eigenvalue weighted by Crippen LogP contribution is 2.23. The Hall–Kier alpha value is -0.760. The molecule has 1 radical (unpaired) electrons. The van der Waals surface area contributed by atoms with Crippen LogP contribution in [0.15, 0.2) is 12.1 Å². The van der Waals surface area contributed by atoms with Crippen LogP contribution in [0.25, 0.3) is 0 Å². The molecule has 0 fully saturated rings. The lowest BCUT2D eigenvalue weighted by atomic mass is 10.3. The summed E-state index contributed by atoms with van der Waals surface area (Å²) >= 11 is 5.57. The number of hydrogen-bond donors (Lipinski definition) is 0. The predicted octanol–water partition coefficient (Wildman–Crippen LogP) is 2.29. The summed E-state index contributed by atoms with van der Waals surface area (Å²) in [6.45, 7) is 0. The van der Waals surface area contributed by atoms with Crippen LogP contribution in [0, 0.1) is 11.9 Å². The molecule has 0 aliphatic carbocycles. The van der Waals surface area contributed by atoms with Gasteiger partial charge < -0.3 is 4.74 Å². The SMILES string of the molecule is COc1cc(F)[c]cc1Cl. The number of methoxy groups -OCH3 is 1. The lowest BCUT2D eigenvalue weighted by Gasteiger charge is -2.00. The molecule has 0 saturated carbocycles. The Morgan fingerprint density at radius 1 is 1.70 bits per heavy atom. The highest BCUT2D eigenvalue weighted by molar-refractivity contribution is 6.32. The van der Waals surface area contributed by atoms with Gasteiger partial charge in [0.2, 0.25) is 0 Å². The first-order valence-electron chi connectivity index (χ1n) is 2.65. The van der Waals surface area contributed by atoms with Crippen molar-refractivity contribution >= 4 is 11.6 Å². The summed E-state index contributed by atoms with van der Waals surface area (Å²) in [5.74, 6) is -0.140. The normalized spacial score (nSPS) is 9.50. The molecule has 0 aliphatic rings. The van der Waals surface area contributed by atoms with Crippen LogP contribution in [0.4, 0.5) is 4.39 Å².